The van der Waals surface area contributed by atoms with E-state index in [0.29, 0.717) is 36.0 Å². The number of nitrogens with zero attached hydrogens (tertiary/aromatic N) is 4. The minimum Gasteiger partial charge on any atom is -0.337 e. The highest BCUT2D eigenvalue weighted by Gasteiger charge is 2.42. The molecule has 0 spiro atoms. The summed E-state index contributed by atoms with van der Waals surface area (Å²) in [5.74, 6) is 0.758. The maximum atomic E-state index is 13.3. The lowest BCUT2D eigenvalue weighted by Crippen LogP contribution is -2.30. The fourth-order valence-electron chi connectivity index (χ4n) is 3.84. The number of hydrogen-bond donors (Lipinski definition) is 1. The van der Waals surface area contributed by atoms with Crippen molar-refractivity contribution in [1.82, 2.24) is 25.5 Å². The van der Waals surface area contributed by atoms with Crippen molar-refractivity contribution in [2.75, 3.05) is 13.1 Å². The van der Waals surface area contributed by atoms with Gasteiger partial charge in [-0.3, -0.25) is 4.79 Å². The molecule has 4 rings (SSSR count). The van der Waals surface area contributed by atoms with Crippen molar-refractivity contribution in [3.63, 3.8) is 0 Å². The average Bonchev–Trinajstić information content (AvgIpc) is 3.29. The van der Waals surface area contributed by atoms with Crippen LogP contribution in [0.1, 0.15) is 35.7 Å². The topological polar surface area (TPSA) is 74.8 Å². The lowest BCUT2D eigenvalue weighted by Gasteiger charge is -2.25. The predicted octanol–water partition coefficient (Wildman–Crippen LogP) is 3.13. The van der Waals surface area contributed by atoms with E-state index in [-0.39, 0.29) is 11.3 Å². The monoisotopic (exact) mass is 347 g/mol. The molecule has 0 saturated carbocycles. The van der Waals surface area contributed by atoms with Gasteiger partial charge >= 0.3 is 0 Å². The molecule has 0 bridgehead atoms. The van der Waals surface area contributed by atoms with Crippen LogP contribution in [0.25, 0.3) is 11.4 Å². The number of benzene rings is 2. The van der Waals surface area contributed by atoms with Crippen LogP contribution in [-0.2, 0) is 0 Å². The minimum absolute atomic E-state index is 0.0110. The summed E-state index contributed by atoms with van der Waals surface area (Å²) in [5.41, 5.74) is 2.60. The van der Waals surface area contributed by atoms with Gasteiger partial charge in [-0.1, -0.05) is 62.4 Å². The van der Waals surface area contributed by atoms with Crippen molar-refractivity contribution < 1.29 is 4.79 Å². The Balaban J connectivity index is 1.65. The van der Waals surface area contributed by atoms with Gasteiger partial charge < -0.3 is 4.90 Å². The van der Waals surface area contributed by atoms with Crippen molar-refractivity contribution in [1.29, 1.82) is 0 Å². The molecule has 3 aromatic rings. The maximum Gasteiger partial charge on any atom is 0.254 e. The molecule has 1 N–H and O–H groups in total. The number of nitrogens with one attached hydrogen (secondary N) is 1. The number of amides is 1. The Morgan fingerprint density at radius 1 is 1.12 bits per heavy atom. The lowest BCUT2D eigenvalue weighted by atomic mass is 9.78. The summed E-state index contributed by atoms with van der Waals surface area (Å²) >= 11 is 0. The number of hydrogen-bond acceptors (Lipinski definition) is 4. The SMILES string of the molecule is CC1(C)CN(C(=O)c2ccccc2-c2nn[nH]n2)CC1c1ccccc1. The molecule has 0 aliphatic carbocycles. The second-order valence-electron chi connectivity index (χ2n) is 7.42. The molecule has 6 nitrogen and oxygen atoms in total. The third-order valence-electron chi connectivity index (χ3n) is 5.18. The summed E-state index contributed by atoms with van der Waals surface area (Å²) in [7, 11) is 0. The Bertz CT molecular complexity index is 905. The molecule has 1 aliphatic heterocycles. The van der Waals surface area contributed by atoms with Crippen LogP contribution in [0.3, 0.4) is 0 Å². The third-order valence-corrected chi connectivity index (χ3v) is 5.18. The van der Waals surface area contributed by atoms with E-state index in [2.05, 4.69) is 58.7 Å². The minimum atomic E-state index is 0.0110. The van der Waals surface area contributed by atoms with Crippen LogP contribution in [-0.4, -0.2) is 44.5 Å². The first-order chi connectivity index (χ1) is 12.6. The standard InChI is InChI=1S/C20H21N5O/c1-20(2)13-25(12-17(20)14-8-4-3-5-9-14)19(26)16-11-7-6-10-15(16)18-21-23-24-22-18/h3-11,17H,12-13H2,1-2H3,(H,21,22,23,24). The Morgan fingerprint density at radius 2 is 1.85 bits per heavy atom. The van der Waals surface area contributed by atoms with Crippen LogP contribution in [0.4, 0.5) is 0 Å². The molecule has 2 heterocycles. The van der Waals surface area contributed by atoms with E-state index < -0.39 is 0 Å². The molecule has 1 aromatic heterocycles. The average molecular weight is 347 g/mol. The smallest absolute Gasteiger partial charge is 0.254 e. The zero-order chi connectivity index (χ0) is 18.1. The molecule has 1 saturated heterocycles. The van der Waals surface area contributed by atoms with Crippen LogP contribution in [0.15, 0.2) is 54.6 Å². The van der Waals surface area contributed by atoms with E-state index in [1.807, 2.05) is 35.2 Å². The van der Waals surface area contributed by atoms with Crippen LogP contribution in [0, 0.1) is 5.41 Å². The second-order valence-corrected chi connectivity index (χ2v) is 7.42. The van der Waals surface area contributed by atoms with Gasteiger partial charge in [0.05, 0.1) is 5.56 Å². The third kappa shape index (κ3) is 2.87. The largest absolute Gasteiger partial charge is 0.337 e. The summed E-state index contributed by atoms with van der Waals surface area (Å²) < 4.78 is 0. The van der Waals surface area contributed by atoms with Gasteiger partial charge in [-0.05, 0) is 22.3 Å². The molecule has 1 fully saturated rings. The van der Waals surface area contributed by atoms with E-state index in [4.69, 9.17) is 0 Å². The van der Waals surface area contributed by atoms with Crippen molar-refractivity contribution >= 4 is 5.91 Å². The number of likely N-dealkylation sites (tertiary alicyclic amines) is 1. The molecule has 1 aliphatic rings. The first-order valence-electron chi connectivity index (χ1n) is 8.73. The second kappa shape index (κ2) is 6.37. The Kier molecular flexibility index (Phi) is 4.03. The number of aromatic amines is 1. The summed E-state index contributed by atoms with van der Waals surface area (Å²) in [4.78, 5) is 15.2. The number of carbonyl (C=O) groups excluding carboxylic acids is 1. The molecule has 1 unspecified atom stereocenters. The van der Waals surface area contributed by atoms with Crippen LogP contribution in [0.2, 0.25) is 0 Å². The summed E-state index contributed by atoms with van der Waals surface area (Å²) in [6.45, 7) is 5.87. The highest BCUT2D eigenvalue weighted by molar-refractivity contribution is 6.00. The van der Waals surface area contributed by atoms with Crippen LogP contribution >= 0.6 is 0 Å². The lowest BCUT2D eigenvalue weighted by molar-refractivity contribution is 0.0778. The van der Waals surface area contributed by atoms with Gasteiger partial charge in [-0.15, -0.1) is 10.2 Å². The van der Waals surface area contributed by atoms with E-state index in [1.165, 1.54) is 5.56 Å². The predicted molar refractivity (Wildman–Crippen MR) is 98.5 cm³/mol. The van der Waals surface area contributed by atoms with Crippen LogP contribution < -0.4 is 0 Å². The number of tetrazole rings is 1. The summed E-state index contributed by atoms with van der Waals surface area (Å²) in [5, 5.41) is 14.1. The van der Waals surface area contributed by atoms with Crippen molar-refractivity contribution in [2.24, 2.45) is 5.41 Å². The highest BCUT2D eigenvalue weighted by Crippen LogP contribution is 2.42. The normalized spacial score (nSPS) is 18.8. The molecule has 1 amide bonds. The molecule has 26 heavy (non-hydrogen) atoms. The molecule has 6 heteroatoms. The number of carbonyl (C=O) groups is 1. The maximum absolute atomic E-state index is 13.3. The first-order valence-corrected chi connectivity index (χ1v) is 8.73. The number of aromatic nitrogens is 4. The summed E-state index contributed by atoms with van der Waals surface area (Å²) in [6, 6.07) is 17.9. The molecule has 132 valence electrons. The van der Waals surface area contributed by atoms with Gasteiger partial charge in [0.1, 0.15) is 0 Å². The van der Waals surface area contributed by atoms with Gasteiger partial charge in [0.25, 0.3) is 5.91 Å². The Morgan fingerprint density at radius 3 is 2.58 bits per heavy atom. The number of H-pyrrole nitrogens is 1. The summed E-state index contributed by atoms with van der Waals surface area (Å²) in [6.07, 6.45) is 0. The molecule has 0 radical (unpaired) electrons. The van der Waals surface area contributed by atoms with Gasteiger partial charge in [-0.25, -0.2) is 0 Å². The van der Waals surface area contributed by atoms with Gasteiger partial charge in [0.15, 0.2) is 0 Å². The van der Waals surface area contributed by atoms with Gasteiger partial charge in [0.2, 0.25) is 5.82 Å². The molecular weight excluding hydrogens is 326 g/mol. The molecular formula is C20H21N5O. The highest BCUT2D eigenvalue weighted by atomic mass is 16.2. The van der Waals surface area contributed by atoms with Crippen LogP contribution in [0.5, 0.6) is 0 Å². The molecule has 2 aromatic carbocycles. The zero-order valence-electron chi connectivity index (χ0n) is 14.9. The van der Waals surface area contributed by atoms with E-state index in [1.54, 1.807) is 0 Å². The van der Waals surface area contributed by atoms with E-state index in [0.717, 1.165) is 0 Å². The zero-order valence-corrected chi connectivity index (χ0v) is 14.9. The molecule has 1 atom stereocenters. The Labute approximate surface area is 152 Å². The fraction of sp³-hybridized carbons (Fsp3) is 0.300. The van der Waals surface area contributed by atoms with Crippen molar-refractivity contribution in [3.8, 4) is 11.4 Å². The van der Waals surface area contributed by atoms with Crippen molar-refractivity contribution in [2.45, 2.75) is 19.8 Å². The Hall–Kier alpha value is -3.02. The van der Waals surface area contributed by atoms with E-state index in [9.17, 15) is 4.79 Å². The fourth-order valence-corrected chi connectivity index (χ4v) is 3.84. The van der Waals surface area contributed by atoms with Gasteiger partial charge in [0, 0.05) is 24.6 Å². The number of rotatable bonds is 3. The van der Waals surface area contributed by atoms with Gasteiger partial charge in [-0.2, -0.15) is 5.21 Å². The first kappa shape index (κ1) is 16.4. The van der Waals surface area contributed by atoms with E-state index >= 15 is 0 Å². The quantitative estimate of drug-likeness (QED) is 0.790. The van der Waals surface area contributed by atoms with Crippen molar-refractivity contribution in [3.05, 3.63) is 65.7 Å².